The van der Waals surface area contributed by atoms with Gasteiger partial charge in [0.1, 0.15) is 36.9 Å². The number of ether oxygens (including phenoxy) is 4. The van der Waals surface area contributed by atoms with E-state index in [1.165, 1.54) is 33.4 Å². The van der Waals surface area contributed by atoms with Crippen molar-refractivity contribution in [1.29, 1.82) is 0 Å². The van der Waals surface area contributed by atoms with Gasteiger partial charge in [-0.15, -0.1) is 0 Å². The number of aryl methyl sites for hydroxylation is 4. The number of benzene rings is 2. The average molecular weight is 439 g/mol. The van der Waals surface area contributed by atoms with Crippen LogP contribution in [0.25, 0.3) is 11.1 Å². The van der Waals surface area contributed by atoms with Gasteiger partial charge in [-0.2, -0.15) is 0 Å². The van der Waals surface area contributed by atoms with Gasteiger partial charge < -0.3 is 18.9 Å². The number of epoxide rings is 2. The molecule has 0 amide bonds. The molecular formula is C28H38O4. The first-order chi connectivity index (χ1) is 15.5. The SMILES string of the molecule is CCc1cc(-c2cc(CC)c(OCC3OC3C)c(CC)c2)cc(CC)c1OCC1OC1C. The van der Waals surface area contributed by atoms with E-state index in [0.29, 0.717) is 25.4 Å². The molecule has 0 bridgehead atoms. The molecule has 2 aromatic rings. The monoisotopic (exact) mass is 438 g/mol. The van der Waals surface area contributed by atoms with Crippen molar-refractivity contribution in [2.24, 2.45) is 0 Å². The molecule has 0 saturated carbocycles. The lowest BCUT2D eigenvalue weighted by Gasteiger charge is -2.19. The number of rotatable bonds is 11. The standard InChI is InChI=1S/C28H38O4/c1-7-19-11-23(12-20(8-2)27(19)29-15-25-17(5)31-25)24-13-21(9-3)28(22(10-4)14-24)30-16-26-18(6)32-26/h11-14,17-18,25-26H,7-10,15-16H2,1-6H3. The van der Waals surface area contributed by atoms with Crippen molar-refractivity contribution in [3.63, 3.8) is 0 Å². The second-order valence-corrected chi connectivity index (χ2v) is 9.04. The zero-order valence-corrected chi connectivity index (χ0v) is 20.5. The largest absolute Gasteiger partial charge is 0.490 e. The highest BCUT2D eigenvalue weighted by atomic mass is 16.6. The molecule has 2 aliphatic rings. The van der Waals surface area contributed by atoms with Crippen molar-refractivity contribution in [1.82, 2.24) is 0 Å². The summed E-state index contributed by atoms with van der Waals surface area (Å²) < 4.78 is 23.6. The van der Waals surface area contributed by atoms with Crippen LogP contribution in [0.1, 0.15) is 63.8 Å². The highest BCUT2D eigenvalue weighted by Crippen LogP contribution is 2.37. The normalized spacial score (nSPS) is 23.8. The van der Waals surface area contributed by atoms with Crippen LogP contribution in [-0.4, -0.2) is 37.6 Å². The van der Waals surface area contributed by atoms with E-state index in [-0.39, 0.29) is 12.2 Å². The number of hydrogen-bond acceptors (Lipinski definition) is 4. The van der Waals surface area contributed by atoms with Crippen LogP contribution < -0.4 is 9.47 Å². The molecule has 0 aliphatic carbocycles. The van der Waals surface area contributed by atoms with Gasteiger partial charge in [-0.25, -0.2) is 0 Å². The maximum atomic E-state index is 6.26. The molecular weight excluding hydrogens is 400 g/mol. The molecule has 2 aliphatic heterocycles. The Morgan fingerprint density at radius 1 is 0.594 bits per heavy atom. The minimum atomic E-state index is 0.236. The van der Waals surface area contributed by atoms with Gasteiger partial charge in [-0.1, -0.05) is 27.7 Å². The van der Waals surface area contributed by atoms with Crippen molar-refractivity contribution in [2.75, 3.05) is 13.2 Å². The Kier molecular flexibility index (Phi) is 7.11. The van der Waals surface area contributed by atoms with E-state index in [1.807, 2.05) is 0 Å². The lowest BCUT2D eigenvalue weighted by Crippen LogP contribution is -2.10. The van der Waals surface area contributed by atoms with Gasteiger partial charge in [0, 0.05) is 0 Å². The van der Waals surface area contributed by atoms with Gasteiger partial charge in [0.25, 0.3) is 0 Å². The highest BCUT2D eigenvalue weighted by Gasteiger charge is 2.36. The first-order valence-corrected chi connectivity index (χ1v) is 12.4. The fourth-order valence-electron chi connectivity index (χ4n) is 4.40. The molecule has 0 N–H and O–H groups in total. The molecule has 2 saturated heterocycles. The zero-order chi connectivity index (χ0) is 22.8. The third-order valence-electron chi connectivity index (χ3n) is 6.80. The fraction of sp³-hybridized carbons (Fsp3) is 0.571. The molecule has 4 nitrogen and oxygen atoms in total. The second kappa shape index (κ2) is 9.84. The van der Waals surface area contributed by atoms with Gasteiger partial charge in [-0.3, -0.25) is 0 Å². The van der Waals surface area contributed by atoms with Gasteiger partial charge >= 0.3 is 0 Å². The molecule has 174 valence electrons. The van der Waals surface area contributed by atoms with E-state index in [9.17, 15) is 0 Å². The first-order valence-electron chi connectivity index (χ1n) is 12.4. The molecule has 4 heteroatoms. The first kappa shape index (κ1) is 23.1. The van der Waals surface area contributed by atoms with Gasteiger partial charge in [0.15, 0.2) is 0 Å². The van der Waals surface area contributed by atoms with Crippen LogP contribution in [0.4, 0.5) is 0 Å². The summed E-state index contributed by atoms with van der Waals surface area (Å²) in [5.41, 5.74) is 7.59. The van der Waals surface area contributed by atoms with Crippen LogP contribution in [0.5, 0.6) is 11.5 Å². The molecule has 4 unspecified atom stereocenters. The van der Waals surface area contributed by atoms with Crippen LogP contribution in [0.3, 0.4) is 0 Å². The Morgan fingerprint density at radius 3 is 1.09 bits per heavy atom. The van der Waals surface area contributed by atoms with Crippen LogP contribution in [0, 0.1) is 0 Å². The molecule has 2 heterocycles. The molecule has 2 aromatic carbocycles. The fourth-order valence-corrected chi connectivity index (χ4v) is 4.40. The molecule has 0 radical (unpaired) electrons. The van der Waals surface area contributed by atoms with Crippen molar-refractivity contribution in [2.45, 2.75) is 91.6 Å². The van der Waals surface area contributed by atoms with E-state index in [4.69, 9.17) is 18.9 Å². The molecule has 32 heavy (non-hydrogen) atoms. The summed E-state index contributed by atoms with van der Waals surface area (Å²) in [4.78, 5) is 0. The average Bonchev–Trinajstić information content (AvgIpc) is 3.72. The summed E-state index contributed by atoms with van der Waals surface area (Å²) in [6.07, 6.45) is 4.89. The third-order valence-corrected chi connectivity index (χ3v) is 6.80. The number of hydrogen-bond donors (Lipinski definition) is 0. The molecule has 4 atom stereocenters. The quantitative estimate of drug-likeness (QED) is 0.408. The van der Waals surface area contributed by atoms with Crippen LogP contribution in [-0.2, 0) is 35.2 Å². The minimum Gasteiger partial charge on any atom is -0.490 e. The van der Waals surface area contributed by atoms with E-state index < -0.39 is 0 Å². The van der Waals surface area contributed by atoms with Crippen molar-refractivity contribution < 1.29 is 18.9 Å². The molecule has 0 spiro atoms. The van der Waals surface area contributed by atoms with Gasteiger partial charge in [0.05, 0.1) is 12.2 Å². The predicted molar refractivity (Wildman–Crippen MR) is 129 cm³/mol. The van der Waals surface area contributed by atoms with Gasteiger partial charge in [-0.05, 0) is 97.2 Å². The third kappa shape index (κ3) is 4.97. The Labute approximate surface area is 193 Å². The van der Waals surface area contributed by atoms with Crippen molar-refractivity contribution in [3.05, 3.63) is 46.5 Å². The smallest absolute Gasteiger partial charge is 0.125 e. The molecule has 2 fully saturated rings. The summed E-state index contributed by atoms with van der Waals surface area (Å²) in [5.74, 6) is 2.10. The Hall–Kier alpha value is -2.04. The molecule has 4 rings (SSSR count). The summed E-state index contributed by atoms with van der Waals surface area (Å²) >= 11 is 0. The summed E-state index contributed by atoms with van der Waals surface area (Å²) in [5, 5.41) is 0. The summed E-state index contributed by atoms with van der Waals surface area (Å²) in [7, 11) is 0. The topological polar surface area (TPSA) is 43.5 Å². The summed E-state index contributed by atoms with van der Waals surface area (Å²) in [6, 6.07) is 9.22. The van der Waals surface area contributed by atoms with Crippen LogP contribution >= 0.6 is 0 Å². The predicted octanol–water partition coefficient (Wildman–Crippen LogP) is 5.94. The van der Waals surface area contributed by atoms with E-state index in [2.05, 4.69) is 65.8 Å². The Bertz CT molecular complexity index is 823. The van der Waals surface area contributed by atoms with Crippen LogP contribution in [0.2, 0.25) is 0 Å². The van der Waals surface area contributed by atoms with E-state index >= 15 is 0 Å². The van der Waals surface area contributed by atoms with Crippen LogP contribution in [0.15, 0.2) is 24.3 Å². The van der Waals surface area contributed by atoms with E-state index in [1.54, 1.807) is 0 Å². The highest BCUT2D eigenvalue weighted by molar-refractivity contribution is 5.71. The van der Waals surface area contributed by atoms with Crippen molar-refractivity contribution in [3.8, 4) is 22.6 Å². The Balaban J connectivity index is 1.65. The lowest BCUT2D eigenvalue weighted by atomic mass is 9.92. The second-order valence-electron chi connectivity index (χ2n) is 9.04. The molecule has 0 aromatic heterocycles. The summed E-state index contributed by atoms with van der Waals surface area (Å²) in [6.45, 7) is 14.3. The maximum absolute atomic E-state index is 6.26. The maximum Gasteiger partial charge on any atom is 0.125 e. The zero-order valence-electron chi connectivity index (χ0n) is 20.5. The van der Waals surface area contributed by atoms with Crippen molar-refractivity contribution >= 4 is 0 Å². The Morgan fingerprint density at radius 2 is 0.875 bits per heavy atom. The lowest BCUT2D eigenvalue weighted by molar-refractivity contribution is 0.257. The minimum absolute atomic E-state index is 0.236. The van der Waals surface area contributed by atoms with E-state index in [0.717, 1.165) is 37.2 Å². The van der Waals surface area contributed by atoms with Gasteiger partial charge in [0.2, 0.25) is 0 Å².